The molecule has 0 aliphatic carbocycles. The molecule has 0 aliphatic heterocycles. The molecule has 8 nitrogen and oxygen atoms in total. The molecule has 0 bridgehead atoms. The van der Waals surface area contributed by atoms with Crippen LogP contribution in [0.4, 0.5) is 30.6 Å². The normalized spacial score (nSPS) is 11.3. The molecule has 0 aliphatic rings. The number of pyridine rings is 1. The molecule has 1 aromatic carbocycles. The number of anilines is 3. The lowest BCUT2D eigenvalue weighted by Crippen LogP contribution is -2.16. The van der Waals surface area contributed by atoms with Crippen molar-refractivity contribution in [2.75, 3.05) is 10.6 Å². The van der Waals surface area contributed by atoms with E-state index in [2.05, 4.69) is 30.7 Å². The molecule has 4 aromatic rings. The maximum Gasteiger partial charge on any atom is 0.416 e. The number of aromatic nitrogens is 5. The van der Waals surface area contributed by atoms with E-state index in [4.69, 9.17) is 0 Å². The van der Waals surface area contributed by atoms with Crippen molar-refractivity contribution in [2.45, 2.75) is 12.6 Å². The molecule has 168 valence electrons. The van der Waals surface area contributed by atoms with Gasteiger partial charge in [-0.3, -0.25) is 9.48 Å². The molecule has 11 heteroatoms. The Morgan fingerprint density at radius 1 is 1.00 bits per heavy atom. The summed E-state index contributed by atoms with van der Waals surface area (Å²) < 4.78 is 40.0. The number of nitrogens with one attached hydrogen (secondary N) is 2. The lowest BCUT2D eigenvalue weighted by molar-refractivity contribution is -0.137. The number of halogens is 3. The van der Waals surface area contributed by atoms with E-state index in [0.717, 1.165) is 35.1 Å². The molecule has 0 spiro atoms. The van der Waals surface area contributed by atoms with Crippen molar-refractivity contribution in [2.24, 2.45) is 7.05 Å². The summed E-state index contributed by atoms with van der Waals surface area (Å²) in [6.45, 7) is 0. The fourth-order valence-electron chi connectivity index (χ4n) is 3.02. The van der Waals surface area contributed by atoms with Crippen LogP contribution in [0.1, 0.15) is 11.1 Å². The van der Waals surface area contributed by atoms with E-state index in [1.807, 2.05) is 19.2 Å². The molecule has 33 heavy (non-hydrogen) atoms. The highest BCUT2D eigenvalue weighted by Crippen LogP contribution is 2.30. The molecule has 2 N–H and O–H groups in total. The van der Waals surface area contributed by atoms with Crippen LogP contribution in [-0.4, -0.2) is 30.6 Å². The first-order valence-corrected chi connectivity index (χ1v) is 9.76. The first-order chi connectivity index (χ1) is 15.8. The summed E-state index contributed by atoms with van der Waals surface area (Å²) in [6.07, 6.45) is 3.30. The largest absolute Gasteiger partial charge is 0.416 e. The summed E-state index contributed by atoms with van der Waals surface area (Å²) in [5.74, 6) is -0.185. The number of rotatable bonds is 6. The lowest BCUT2D eigenvalue weighted by Gasteiger charge is -2.09. The van der Waals surface area contributed by atoms with Gasteiger partial charge in [0.2, 0.25) is 11.9 Å². The zero-order valence-electron chi connectivity index (χ0n) is 17.3. The van der Waals surface area contributed by atoms with Crippen LogP contribution < -0.4 is 10.6 Å². The number of aryl methyl sites for hydroxylation is 1. The third-order valence-corrected chi connectivity index (χ3v) is 4.62. The molecule has 0 saturated carbocycles. The van der Waals surface area contributed by atoms with Crippen LogP contribution >= 0.6 is 0 Å². The number of hydrogen-bond donors (Lipinski definition) is 2. The third kappa shape index (κ3) is 5.70. The average Bonchev–Trinajstić information content (AvgIpc) is 3.19. The van der Waals surface area contributed by atoms with Crippen molar-refractivity contribution >= 4 is 23.4 Å². The highest BCUT2D eigenvalue weighted by molar-refractivity contribution is 5.91. The Morgan fingerprint density at radius 2 is 1.73 bits per heavy atom. The van der Waals surface area contributed by atoms with Gasteiger partial charge in [0.25, 0.3) is 0 Å². The van der Waals surface area contributed by atoms with Crippen LogP contribution in [0.15, 0.2) is 67.4 Å². The van der Waals surface area contributed by atoms with Gasteiger partial charge in [0.1, 0.15) is 5.82 Å². The lowest BCUT2D eigenvalue weighted by atomic mass is 10.1. The van der Waals surface area contributed by atoms with Crippen LogP contribution in [0.5, 0.6) is 0 Å². The van der Waals surface area contributed by atoms with Gasteiger partial charge in [-0.2, -0.15) is 18.3 Å². The highest BCUT2D eigenvalue weighted by Gasteiger charge is 2.30. The van der Waals surface area contributed by atoms with Crippen LogP contribution in [-0.2, 0) is 24.4 Å². The molecule has 1 amide bonds. The Hall–Kier alpha value is -4.28. The van der Waals surface area contributed by atoms with E-state index in [9.17, 15) is 18.0 Å². The standard InChI is InChI=1S/C22H18F3N7O/c1-32-13-18(12-29-32)30-21-27-10-16(11-28-21)15-4-2-14(3-5-15)8-20(33)31-19-9-17(6-7-26-19)22(23,24)25/h2-7,9-13H,8H2,1H3,(H,26,31,33)(H,27,28,30). The van der Waals surface area contributed by atoms with Crippen LogP contribution in [0, 0.1) is 0 Å². The fraction of sp³-hybridized carbons (Fsp3) is 0.136. The van der Waals surface area contributed by atoms with Gasteiger partial charge in [-0.05, 0) is 23.3 Å². The average molecular weight is 453 g/mol. The minimum atomic E-state index is -4.50. The predicted octanol–water partition coefficient (Wildman–Crippen LogP) is 4.22. The van der Waals surface area contributed by atoms with Gasteiger partial charge in [0.05, 0.1) is 23.9 Å². The number of hydrogen-bond acceptors (Lipinski definition) is 6. The number of amides is 1. The first-order valence-electron chi connectivity index (χ1n) is 9.76. The third-order valence-electron chi connectivity index (χ3n) is 4.62. The number of benzene rings is 1. The van der Waals surface area contributed by atoms with E-state index in [0.29, 0.717) is 11.5 Å². The second-order valence-electron chi connectivity index (χ2n) is 7.17. The molecule has 0 radical (unpaired) electrons. The summed E-state index contributed by atoms with van der Waals surface area (Å²) in [6, 6.07) is 8.80. The second kappa shape index (κ2) is 9.07. The van der Waals surface area contributed by atoms with Crippen LogP contribution in [0.3, 0.4) is 0 Å². The van der Waals surface area contributed by atoms with Gasteiger partial charge in [-0.1, -0.05) is 24.3 Å². The van der Waals surface area contributed by atoms with E-state index >= 15 is 0 Å². The summed E-state index contributed by atoms with van der Waals surface area (Å²) in [4.78, 5) is 24.6. The Bertz CT molecular complexity index is 1250. The molecule has 0 atom stereocenters. The zero-order valence-corrected chi connectivity index (χ0v) is 17.3. The van der Waals surface area contributed by atoms with E-state index in [1.165, 1.54) is 0 Å². The van der Waals surface area contributed by atoms with Crippen molar-refractivity contribution < 1.29 is 18.0 Å². The molecular weight excluding hydrogens is 435 g/mol. The Kier molecular flexibility index (Phi) is 6.03. The predicted molar refractivity (Wildman–Crippen MR) is 116 cm³/mol. The highest BCUT2D eigenvalue weighted by atomic mass is 19.4. The number of carbonyl (C=O) groups is 1. The topological polar surface area (TPSA) is 97.6 Å². The van der Waals surface area contributed by atoms with Gasteiger partial charge >= 0.3 is 6.18 Å². The monoisotopic (exact) mass is 453 g/mol. The van der Waals surface area contributed by atoms with E-state index in [-0.39, 0.29) is 12.2 Å². The molecule has 4 rings (SSSR count). The molecular formula is C22H18F3N7O. The fourth-order valence-corrected chi connectivity index (χ4v) is 3.02. The quantitative estimate of drug-likeness (QED) is 0.454. The van der Waals surface area contributed by atoms with Gasteiger partial charge in [-0.15, -0.1) is 0 Å². The van der Waals surface area contributed by atoms with Gasteiger partial charge in [0, 0.05) is 37.4 Å². The number of carbonyl (C=O) groups excluding carboxylic acids is 1. The van der Waals surface area contributed by atoms with Crippen molar-refractivity contribution in [3.05, 3.63) is 78.5 Å². The van der Waals surface area contributed by atoms with Gasteiger partial charge in [-0.25, -0.2) is 15.0 Å². The van der Waals surface area contributed by atoms with Crippen molar-refractivity contribution in [3.63, 3.8) is 0 Å². The number of alkyl halides is 3. The molecule has 0 saturated heterocycles. The van der Waals surface area contributed by atoms with Gasteiger partial charge < -0.3 is 10.6 Å². The molecule has 3 aromatic heterocycles. The Balaban J connectivity index is 1.36. The van der Waals surface area contributed by atoms with Crippen molar-refractivity contribution in [3.8, 4) is 11.1 Å². The van der Waals surface area contributed by atoms with Crippen molar-refractivity contribution in [1.82, 2.24) is 24.7 Å². The summed E-state index contributed by atoms with van der Waals surface area (Å²) in [5, 5.41) is 9.51. The summed E-state index contributed by atoms with van der Waals surface area (Å²) in [7, 11) is 1.81. The number of nitrogens with zero attached hydrogens (tertiary/aromatic N) is 5. The second-order valence-corrected chi connectivity index (χ2v) is 7.17. The van der Waals surface area contributed by atoms with Crippen LogP contribution in [0.25, 0.3) is 11.1 Å². The van der Waals surface area contributed by atoms with Crippen molar-refractivity contribution in [1.29, 1.82) is 0 Å². The van der Waals surface area contributed by atoms with E-state index < -0.39 is 17.6 Å². The van der Waals surface area contributed by atoms with E-state index in [1.54, 1.807) is 41.6 Å². The van der Waals surface area contributed by atoms with Gasteiger partial charge in [0.15, 0.2) is 0 Å². The minimum absolute atomic E-state index is 0.0112. The molecule has 3 heterocycles. The molecule has 0 fully saturated rings. The Labute approximate surface area is 186 Å². The smallest absolute Gasteiger partial charge is 0.321 e. The maximum atomic E-state index is 12.8. The maximum absolute atomic E-state index is 12.8. The molecule has 0 unspecified atom stereocenters. The van der Waals surface area contributed by atoms with Crippen LogP contribution in [0.2, 0.25) is 0 Å². The zero-order chi connectivity index (χ0) is 23.4. The first kappa shape index (κ1) is 21.9. The minimum Gasteiger partial charge on any atom is -0.321 e. The summed E-state index contributed by atoms with van der Waals surface area (Å²) >= 11 is 0. The SMILES string of the molecule is Cn1cc(Nc2ncc(-c3ccc(CC(=O)Nc4cc(C(F)(F)F)ccn4)cc3)cn2)cn1. The summed E-state index contributed by atoms with van der Waals surface area (Å²) in [5.41, 5.74) is 2.23. The Morgan fingerprint density at radius 3 is 2.36 bits per heavy atom.